The van der Waals surface area contributed by atoms with Crippen LogP contribution in [0.25, 0.3) is 0 Å². The minimum atomic E-state index is -3.62. The highest BCUT2D eigenvalue weighted by Gasteiger charge is 2.15. The Morgan fingerprint density at radius 1 is 1.42 bits per heavy atom. The zero-order valence-corrected chi connectivity index (χ0v) is 12.3. The molecule has 2 aromatic rings. The van der Waals surface area contributed by atoms with E-state index >= 15 is 0 Å². The molecule has 8 heteroatoms. The molecule has 1 N–H and O–H groups in total. The van der Waals surface area contributed by atoms with E-state index < -0.39 is 15.8 Å². The number of halogens is 2. The van der Waals surface area contributed by atoms with Crippen molar-refractivity contribution in [2.75, 3.05) is 4.72 Å². The fraction of sp³-hybridized carbons (Fsp3) is 0.182. The number of nitrogens with zero attached hydrogens (tertiary/aromatic N) is 1. The molecule has 0 unspecified atom stereocenters. The van der Waals surface area contributed by atoms with Gasteiger partial charge in [0.1, 0.15) is 23.0 Å². The summed E-state index contributed by atoms with van der Waals surface area (Å²) in [6.45, 7) is 1.67. The molecule has 0 saturated carbocycles. The SMILES string of the molecule is Cc1cc(CS(=O)(=O)Nc2ccc(F)c(Br)c2)no1. The molecule has 0 amide bonds. The van der Waals surface area contributed by atoms with Crippen molar-refractivity contribution in [2.24, 2.45) is 0 Å². The number of benzene rings is 1. The molecular formula is C11H10BrFN2O3S. The van der Waals surface area contributed by atoms with Crippen LogP contribution >= 0.6 is 15.9 Å². The molecule has 0 atom stereocenters. The first-order valence-corrected chi connectivity index (χ1v) is 7.68. The van der Waals surface area contributed by atoms with Crippen molar-refractivity contribution in [1.29, 1.82) is 0 Å². The molecule has 1 heterocycles. The van der Waals surface area contributed by atoms with Gasteiger partial charge in [0.2, 0.25) is 10.0 Å². The lowest BCUT2D eigenvalue weighted by atomic mass is 10.3. The first-order valence-electron chi connectivity index (χ1n) is 5.23. The standard InChI is InChI=1S/C11H10BrFN2O3S/c1-7-4-9(14-18-7)6-19(16,17)15-8-2-3-11(13)10(12)5-8/h2-5,15H,6H2,1H3. The van der Waals surface area contributed by atoms with Crippen molar-refractivity contribution >= 4 is 31.6 Å². The van der Waals surface area contributed by atoms with Crippen LogP contribution in [-0.4, -0.2) is 13.6 Å². The first-order chi connectivity index (χ1) is 8.85. The van der Waals surface area contributed by atoms with Gasteiger partial charge in [-0.15, -0.1) is 0 Å². The molecule has 1 aromatic carbocycles. The third-order valence-electron chi connectivity index (χ3n) is 2.21. The van der Waals surface area contributed by atoms with E-state index in [9.17, 15) is 12.8 Å². The normalized spacial score (nSPS) is 11.5. The topological polar surface area (TPSA) is 72.2 Å². The monoisotopic (exact) mass is 348 g/mol. The highest BCUT2D eigenvalue weighted by Crippen LogP contribution is 2.21. The van der Waals surface area contributed by atoms with E-state index in [1.54, 1.807) is 13.0 Å². The summed E-state index contributed by atoms with van der Waals surface area (Å²) in [5, 5.41) is 3.61. The zero-order chi connectivity index (χ0) is 14.0. The maximum Gasteiger partial charge on any atom is 0.238 e. The van der Waals surface area contributed by atoms with Gasteiger partial charge in [-0.1, -0.05) is 5.16 Å². The van der Waals surface area contributed by atoms with Gasteiger partial charge in [-0.05, 0) is 41.1 Å². The Kier molecular flexibility index (Phi) is 3.91. The van der Waals surface area contributed by atoms with E-state index in [4.69, 9.17) is 4.52 Å². The quantitative estimate of drug-likeness (QED) is 0.921. The third kappa shape index (κ3) is 3.77. The Labute approximate surface area is 118 Å². The van der Waals surface area contributed by atoms with Crippen LogP contribution in [0.1, 0.15) is 11.5 Å². The lowest BCUT2D eigenvalue weighted by Crippen LogP contribution is -2.15. The summed E-state index contributed by atoms with van der Waals surface area (Å²) in [6.07, 6.45) is 0. The second kappa shape index (κ2) is 5.30. The van der Waals surface area contributed by atoms with E-state index in [2.05, 4.69) is 25.8 Å². The van der Waals surface area contributed by atoms with Crippen LogP contribution in [0.5, 0.6) is 0 Å². The van der Waals surface area contributed by atoms with Crippen LogP contribution in [0.2, 0.25) is 0 Å². The largest absolute Gasteiger partial charge is 0.361 e. The summed E-state index contributed by atoms with van der Waals surface area (Å²) in [4.78, 5) is 0. The molecule has 0 fully saturated rings. The molecule has 2 rings (SSSR count). The Balaban J connectivity index is 2.14. The van der Waals surface area contributed by atoms with E-state index in [1.165, 1.54) is 18.2 Å². The molecule has 102 valence electrons. The van der Waals surface area contributed by atoms with E-state index in [0.717, 1.165) is 0 Å². The zero-order valence-electron chi connectivity index (χ0n) is 9.85. The van der Waals surface area contributed by atoms with Crippen molar-refractivity contribution in [2.45, 2.75) is 12.7 Å². The molecule has 19 heavy (non-hydrogen) atoms. The maximum atomic E-state index is 13.0. The number of aromatic nitrogens is 1. The van der Waals surface area contributed by atoms with Crippen LogP contribution in [0, 0.1) is 12.7 Å². The van der Waals surface area contributed by atoms with Crippen LogP contribution in [-0.2, 0) is 15.8 Å². The first kappa shape index (κ1) is 14.0. The number of hydrogen-bond acceptors (Lipinski definition) is 4. The average molecular weight is 349 g/mol. The summed E-state index contributed by atoms with van der Waals surface area (Å²) in [7, 11) is -3.62. The van der Waals surface area contributed by atoms with E-state index in [0.29, 0.717) is 11.5 Å². The Morgan fingerprint density at radius 2 is 2.16 bits per heavy atom. The molecule has 0 aliphatic rings. The molecule has 0 radical (unpaired) electrons. The van der Waals surface area contributed by atoms with Crippen LogP contribution in [0.4, 0.5) is 10.1 Å². The number of rotatable bonds is 4. The highest BCUT2D eigenvalue weighted by molar-refractivity contribution is 9.10. The van der Waals surface area contributed by atoms with Gasteiger partial charge in [0.05, 0.1) is 4.47 Å². The number of sulfonamides is 1. The molecule has 0 spiro atoms. The molecule has 1 aromatic heterocycles. The summed E-state index contributed by atoms with van der Waals surface area (Å²) in [5.41, 5.74) is 0.583. The van der Waals surface area contributed by atoms with Crippen molar-refractivity contribution in [3.63, 3.8) is 0 Å². The van der Waals surface area contributed by atoms with Crippen molar-refractivity contribution in [3.05, 3.63) is 46.0 Å². The fourth-order valence-electron chi connectivity index (χ4n) is 1.46. The summed E-state index contributed by atoms with van der Waals surface area (Å²) in [6, 6.07) is 5.40. The van der Waals surface area contributed by atoms with Gasteiger partial charge in [0, 0.05) is 11.8 Å². The Hall–Kier alpha value is -1.41. The Bertz CT molecular complexity index is 700. The molecule has 0 aliphatic carbocycles. The predicted octanol–water partition coefficient (Wildman–Crippen LogP) is 2.83. The molecule has 0 aliphatic heterocycles. The lowest BCUT2D eigenvalue weighted by molar-refractivity contribution is 0.392. The van der Waals surface area contributed by atoms with Crippen molar-refractivity contribution < 1.29 is 17.3 Å². The minimum absolute atomic E-state index is 0.185. The smallest absolute Gasteiger partial charge is 0.238 e. The molecular weight excluding hydrogens is 339 g/mol. The summed E-state index contributed by atoms with van der Waals surface area (Å²) >= 11 is 2.99. The van der Waals surface area contributed by atoms with Gasteiger partial charge in [-0.25, -0.2) is 12.8 Å². The van der Waals surface area contributed by atoms with Gasteiger partial charge in [-0.2, -0.15) is 0 Å². The molecule has 0 saturated heterocycles. The fourth-order valence-corrected chi connectivity index (χ4v) is 2.92. The van der Waals surface area contributed by atoms with Crippen LogP contribution in [0.3, 0.4) is 0 Å². The van der Waals surface area contributed by atoms with E-state index in [-0.39, 0.29) is 15.9 Å². The third-order valence-corrected chi connectivity index (χ3v) is 4.04. The maximum absolute atomic E-state index is 13.0. The van der Waals surface area contributed by atoms with Crippen molar-refractivity contribution in [1.82, 2.24) is 5.16 Å². The number of nitrogens with one attached hydrogen (secondary N) is 1. The highest BCUT2D eigenvalue weighted by atomic mass is 79.9. The summed E-state index contributed by atoms with van der Waals surface area (Å²) in [5.74, 6) is -0.232. The lowest BCUT2D eigenvalue weighted by Gasteiger charge is -2.07. The van der Waals surface area contributed by atoms with E-state index in [1.807, 2.05) is 0 Å². The van der Waals surface area contributed by atoms with Gasteiger partial charge in [-0.3, -0.25) is 4.72 Å². The van der Waals surface area contributed by atoms with Gasteiger partial charge < -0.3 is 4.52 Å². The van der Waals surface area contributed by atoms with Crippen LogP contribution < -0.4 is 4.72 Å². The number of aryl methyl sites for hydroxylation is 1. The molecule has 5 nitrogen and oxygen atoms in total. The summed E-state index contributed by atoms with van der Waals surface area (Å²) < 4.78 is 44.1. The minimum Gasteiger partial charge on any atom is -0.361 e. The predicted molar refractivity (Wildman–Crippen MR) is 71.6 cm³/mol. The number of hydrogen-bond donors (Lipinski definition) is 1. The second-order valence-electron chi connectivity index (χ2n) is 3.92. The average Bonchev–Trinajstić information content (AvgIpc) is 2.68. The van der Waals surface area contributed by atoms with Gasteiger partial charge in [0.15, 0.2) is 0 Å². The Morgan fingerprint density at radius 3 is 2.74 bits per heavy atom. The van der Waals surface area contributed by atoms with Crippen molar-refractivity contribution in [3.8, 4) is 0 Å². The molecule has 0 bridgehead atoms. The van der Waals surface area contributed by atoms with Crippen LogP contribution in [0.15, 0.2) is 33.3 Å². The van der Waals surface area contributed by atoms with Gasteiger partial charge >= 0.3 is 0 Å². The second-order valence-corrected chi connectivity index (χ2v) is 6.50. The van der Waals surface area contributed by atoms with Gasteiger partial charge in [0.25, 0.3) is 0 Å². The number of anilines is 1.